The number of rotatable bonds is 3. The molecule has 0 aromatic heterocycles. The Hall–Kier alpha value is -1.11. The number of sulfonamides is 1. The summed E-state index contributed by atoms with van der Waals surface area (Å²) in [5.74, 6) is 0.248. The minimum Gasteiger partial charge on any atom is -0.272 e. The Labute approximate surface area is 117 Å². The molecule has 0 saturated heterocycles. The van der Waals surface area contributed by atoms with Crippen LogP contribution in [0.3, 0.4) is 0 Å². The zero-order chi connectivity index (χ0) is 14.2. The highest BCUT2D eigenvalue weighted by Crippen LogP contribution is 2.33. The molecule has 0 radical (unpaired) electrons. The van der Waals surface area contributed by atoms with Crippen molar-refractivity contribution >= 4 is 27.5 Å². The molecule has 1 aliphatic rings. The molecule has 0 saturated carbocycles. The van der Waals surface area contributed by atoms with Gasteiger partial charge in [0, 0.05) is 0 Å². The van der Waals surface area contributed by atoms with Gasteiger partial charge in [0.2, 0.25) is 0 Å². The van der Waals surface area contributed by atoms with Gasteiger partial charge in [-0.1, -0.05) is 17.7 Å². The van der Waals surface area contributed by atoms with Crippen LogP contribution in [-0.2, 0) is 14.9 Å². The van der Waals surface area contributed by atoms with Gasteiger partial charge in [0.15, 0.2) is 5.84 Å². The van der Waals surface area contributed by atoms with E-state index >= 15 is 0 Å². The second-order valence-corrected chi connectivity index (χ2v) is 6.32. The molecule has 0 fully saturated rings. The van der Waals surface area contributed by atoms with E-state index in [1.165, 1.54) is 11.1 Å². The van der Waals surface area contributed by atoms with Gasteiger partial charge in [-0.25, -0.2) is 5.06 Å². The molecule has 1 heterocycles. The van der Waals surface area contributed by atoms with Crippen LogP contribution < -0.4 is 0 Å². The largest absolute Gasteiger partial charge is 0.285 e. The molecule has 7 heteroatoms. The van der Waals surface area contributed by atoms with Crippen LogP contribution in [0.25, 0.3) is 0 Å². The van der Waals surface area contributed by atoms with Gasteiger partial charge < -0.3 is 0 Å². The van der Waals surface area contributed by atoms with Crippen LogP contribution in [0, 0.1) is 0 Å². The monoisotopic (exact) mass is 302 g/mol. The number of hydrogen-bond acceptors (Lipinski definition) is 4. The predicted octanol–water partition coefficient (Wildman–Crippen LogP) is 2.45. The Morgan fingerprint density at radius 2 is 2.11 bits per heavy atom. The lowest BCUT2D eigenvalue weighted by Crippen LogP contribution is -2.37. The maximum Gasteiger partial charge on any atom is 0.285 e. The van der Waals surface area contributed by atoms with Gasteiger partial charge in [-0.2, -0.15) is 8.42 Å². The number of benzene rings is 1. The molecule has 19 heavy (non-hydrogen) atoms. The Balaban J connectivity index is 2.61. The molecule has 5 nitrogen and oxygen atoms in total. The number of halogens is 1. The summed E-state index contributed by atoms with van der Waals surface area (Å²) in [6.45, 7) is 6.02. The van der Waals surface area contributed by atoms with Crippen molar-refractivity contribution in [1.29, 1.82) is 0 Å². The first-order valence-electron chi connectivity index (χ1n) is 5.94. The minimum atomic E-state index is -3.69. The van der Waals surface area contributed by atoms with Crippen LogP contribution in [0.5, 0.6) is 0 Å². The van der Waals surface area contributed by atoms with E-state index in [0.29, 0.717) is 17.2 Å². The van der Waals surface area contributed by atoms with Crippen LogP contribution in [0.4, 0.5) is 0 Å². The minimum absolute atomic E-state index is 0.0591. The van der Waals surface area contributed by atoms with Gasteiger partial charge in [0.1, 0.15) is 4.90 Å². The third-order valence-electron chi connectivity index (χ3n) is 2.63. The highest BCUT2D eigenvalue weighted by molar-refractivity contribution is 7.90. The molecular formula is C12H15ClN2O3S. The average molecular weight is 303 g/mol. The second kappa shape index (κ2) is 5.11. The quantitative estimate of drug-likeness (QED) is 0.805. The Morgan fingerprint density at radius 1 is 1.42 bits per heavy atom. The fourth-order valence-electron chi connectivity index (χ4n) is 1.89. The predicted molar refractivity (Wildman–Crippen MR) is 73.8 cm³/mol. The van der Waals surface area contributed by atoms with Crippen molar-refractivity contribution in [3.63, 3.8) is 0 Å². The van der Waals surface area contributed by atoms with Gasteiger partial charge in [-0.15, -0.1) is 4.40 Å². The van der Waals surface area contributed by atoms with Crippen molar-refractivity contribution in [3.8, 4) is 0 Å². The molecule has 0 bridgehead atoms. The van der Waals surface area contributed by atoms with Gasteiger partial charge in [-0.3, -0.25) is 4.84 Å². The highest BCUT2D eigenvalue weighted by Gasteiger charge is 2.35. The van der Waals surface area contributed by atoms with Crippen LogP contribution in [-0.4, -0.2) is 32.0 Å². The molecule has 0 N–H and O–H groups in total. The summed E-state index contributed by atoms with van der Waals surface area (Å²) >= 11 is 6.11. The molecule has 0 spiro atoms. The van der Waals surface area contributed by atoms with Crippen LogP contribution >= 0.6 is 11.6 Å². The van der Waals surface area contributed by atoms with Crippen LogP contribution in [0.2, 0.25) is 5.02 Å². The number of hydrogen-bond donors (Lipinski definition) is 0. The van der Waals surface area contributed by atoms with E-state index in [1.54, 1.807) is 12.1 Å². The summed E-state index contributed by atoms with van der Waals surface area (Å²) < 4.78 is 27.8. The molecular weight excluding hydrogens is 288 g/mol. The van der Waals surface area contributed by atoms with Crippen molar-refractivity contribution in [1.82, 2.24) is 5.06 Å². The molecule has 1 aromatic rings. The number of amidine groups is 1. The van der Waals surface area contributed by atoms with Gasteiger partial charge in [0.05, 0.1) is 23.2 Å². The summed E-state index contributed by atoms with van der Waals surface area (Å²) in [7, 11) is -3.69. The summed E-state index contributed by atoms with van der Waals surface area (Å²) in [4.78, 5) is 5.60. The lowest BCUT2D eigenvalue weighted by Gasteiger charge is -2.26. The van der Waals surface area contributed by atoms with E-state index in [2.05, 4.69) is 4.40 Å². The molecule has 2 rings (SSSR count). The molecule has 104 valence electrons. The third-order valence-corrected chi connectivity index (χ3v) is 4.25. The van der Waals surface area contributed by atoms with Gasteiger partial charge >= 0.3 is 0 Å². The first-order chi connectivity index (χ1) is 8.88. The Kier molecular flexibility index (Phi) is 3.85. The topological polar surface area (TPSA) is 59.0 Å². The van der Waals surface area contributed by atoms with Crippen molar-refractivity contribution in [3.05, 3.63) is 28.8 Å². The summed E-state index contributed by atoms with van der Waals surface area (Å²) in [5.41, 5.74) is 0.409. The standard InChI is InChI=1S/C12H15ClN2O3S/c1-4-18-15(8(2)3)12-11-9(13)6-5-7-10(11)19(16,17)14-12/h5-8H,4H2,1-3H3. The summed E-state index contributed by atoms with van der Waals surface area (Å²) in [5, 5.41) is 1.83. The highest BCUT2D eigenvalue weighted by atomic mass is 35.5. The number of nitrogens with zero attached hydrogens (tertiary/aromatic N) is 2. The van der Waals surface area contributed by atoms with Crippen LogP contribution in [0.1, 0.15) is 26.3 Å². The summed E-state index contributed by atoms with van der Waals surface area (Å²) in [6.07, 6.45) is 0. The first kappa shape index (κ1) is 14.3. The fourth-order valence-corrected chi connectivity index (χ4v) is 3.41. The SMILES string of the molecule is CCON(C1=NS(=O)(=O)c2cccc(Cl)c21)C(C)C. The second-order valence-electron chi connectivity index (χ2n) is 4.34. The van der Waals surface area contributed by atoms with E-state index in [9.17, 15) is 8.42 Å². The molecule has 0 unspecified atom stereocenters. The van der Waals surface area contributed by atoms with Gasteiger partial charge in [-0.05, 0) is 32.9 Å². The van der Waals surface area contributed by atoms with Crippen molar-refractivity contribution in [2.75, 3.05) is 6.61 Å². The molecule has 0 atom stereocenters. The van der Waals surface area contributed by atoms with Crippen molar-refractivity contribution in [2.24, 2.45) is 4.40 Å². The van der Waals surface area contributed by atoms with Crippen molar-refractivity contribution in [2.45, 2.75) is 31.7 Å². The number of fused-ring (bicyclic) bond motifs is 1. The lowest BCUT2D eigenvalue weighted by molar-refractivity contribution is -0.113. The van der Waals surface area contributed by atoms with E-state index in [1.807, 2.05) is 20.8 Å². The smallest absolute Gasteiger partial charge is 0.272 e. The van der Waals surface area contributed by atoms with E-state index in [0.717, 1.165) is 0 Å². The zero-order valence-corrected chi connectivity index (χ0v) is 12.5. The summed E-state index contributed by atoms with van der Waals surface area (Å²) in [6, 6.07) is 4.67. The molecule has 1 aliphatic heterocycles. The van der Waals surface area contributed by atoms with E-state index in [4.69, 9.17) is 16.4 Å². The normalized spacial score (nSPS) is 16.4. The Morgan fingerprint density at radius 3 is 2.68 bits per heavy atom. The van der Waals surface area contributed by atoms with Gasteiger partial charge in [0.25, 0.3) is 10.0 Å². The lowest BCUT2D eigenvalue weighted by atomic mass is 10.2. The van der Waals surface area contributed by atoms with Crippen LogP contribution in [0.15, 0.2) is 27.5 Å². The average Bonchev–Trinajstić information content (AvgIpc) is 2.59. The third kappa shape index (κ3) is 2.48. The molecule has 1 aromatic carbocycles. The Bertz CT molecular complexity index is 626. The first-order valence-corrected chi connectivity index (χ1v) is 7.76. The number of hydroxylamine groups is 2. The van der Waals surface area contributed by atoms with Crippen molar-refractivity contribution < 1.29 is 13.3 Å². The fraction of sp³-hybridized carbons (Fsp3) is 0.417. The molecule has 0 amide bonds. The van der Waals surface area contributed by atoms with E-state index in [-0.39, 0.29) is 16.8 Å². The van der Waals surface area contributed by atoms with E-state index < -0.39 is 10.0 Å². The molecule has 0 aliphatic carbocycles. The maximum atomic E-state index is 12.0. The maximum absolute atomic E-state index is 12.0. The zero-order valence-electron chi connectivity index (χ0n) is 10.9.